The van der Waals surface area contributed by atoms with E-state index in [1.807, 2.05) is 0 Å². The number of nitrogens with one attached hydrogen (secondary N) is 1. The zero-order valence-corrected chi connectivity index (χ0v) is 11.1. The highest BCUT2D eigenvalue weighted by Crippen LogP contribution is 2.18. The van der Waals surface area contributed by atoms with Crippen LogP contribution in [0, 0.1) is 0 Å². The van der Waals surface area contributed by atoms with E-state index in [2.05, 4.69) is 36.0 Å². The molecule has 2 heterocycles. The number of likely N-dealkylation sites (tertiary alicyclic amines) is 2. The summed E-state index contributed by atoms with van der Waals surface area (Å²) < 4.78 is 0. The maximum atomic E-state index is 3.85. The van der Waals surface area contributed by atoms with Crippen molar-refractivity contribution in [1.82, 2.24) is 15.1 Å². The fraction of sp³-hybridized carbons (Fsp3) is 1.00. The molecule has 0 aromatic carbocycles. The minimum atomic E-state index is 0.746. The number of rotatable bonds is 3. The van der Waals surface area contributed by atoms with Gasteiger partial charge in [-0.15, -0.1) is 0 Å². The van der Waals surface area contributed by atoms with Crippen LogP contribution in [0.1, 0.15) is 33.1 Å². The van der Waals surface area contributed by atoms with Crippen molar-refractivity contribution in [2.45, 2.75) is 51.2 Å². The van der Waals surface area contributed by atoms with Gasteiger partial charge in [-0.1, -0.05) is 6.92 Å². The summed E-state index contributed by atoms with van der Waals surface area (Å²) in [7, 11) is 2.23. The van der Waals surface area contributed by atoms with Gasteiger partial charge in [-0.3, -0.25) is 0 Å². The highest BCUT2D eigenvalue weighted by molar-refractivity contribution is 4.87. The Hall–Kier alpha value is -0.120. The van der Waals surface area contributed by atoms with Crippen molar-refractivity contribution < 1.29 is 0 Å². The third-order valence-electron chi connectivity index (χ3n) is 4.28. The molecule has 2 aliphatic rings. The average molecular weight is 225 g/mol. The predicted molar refractivity (Wildman–Crippen MR) is 68.8 cm³/mol. The second-order valence-corrected chi connectivity index (χ2v) is 5.61. The van der Waals surface area contributed by atoms with Crippen molar-refractivity contribution in [2.24, 2.45) is 0 Å². The first-order valence-corrected chi connectivity index (χ1v) is 6.87. The molecular formula is C13H27N3. The molecule has 2 saturated heterocycles. The molecule has 3 unspecified atom stereocenters. The molecule has 94 valence electrons. The van der Waals surface area contributed by atoms with E-state index < -0.39 is 0 Å². The van der Waals surface area contributed by atoms with Gasteiger partial charge >= 0.3 is 0 Å². The van der Waals surface area contributed by atoms with Crippen LogP contribution in [0.3, 0.4) is 0 Å². The van der Waals surface area contributed by atoms with Gasteiger partial charge < -0.3 is 15.1 Å². The summed E-state index contributed by atoms with van der Waals surface area (Å²) in [5.41, 5.74) is 0. The first kappa shape index (κ1) is 12.3. The van der Waals surface area contributed by atoms with Gasteiger partial charge in [-0.05, 0) is 52.9 Å². The highest BCUT2D eigenvalue weighted by Gasteiger charge is 2.27. The average Bonchev–Trinajstić information content (AvgIpc) is 2.64. The van der Waals surface area contributed by atoms with Crippen molar-refractivity contribution in [3.8, 4) is 0 Å². The zero-order chi connectivity index (χ0) is 11.5. The summed E-state index contributed by atoms with van der Waals surface area (Å²) in [6, 6.07) is 2.26. The number of hydrogen-bond acceptors (Lipinski definition) is 3. The van der Waals surface area contributed by atoms with E-state index in [4.69, 9.17) is 0 Å². The molecule has 0 aromatic rings. The van der Waals surface area contributed by atoms with Crippen LogP contribution in [0.5, 0.6) is 0 Å². The van der Waals surface area contributed by atoms with Crippen LogP contribution < -0.4 is 5.32 Å². The largest absolute Gasteiger partial charge is 0.310 e. The Kier molecular flexibility index (Phi) is 4.22. The van der Waals surface area contributed by atoms with Gasteiger partial charge in [0, 0.05) is 24.7 Å². The fourth-order valence-corrected chi connectivity index (χ4v) is 3.25. The molecule has 0 saturated carbocycles. The van der Waals surface area contributed by atoms with E-state index in [1.165, 1.54) is 45.4 Å². The smallest absolute Gasteiger partial charge is 0.0209 e. The van der Waals surface area contributed by atoms with Gasteiger partial charge in [0.05, 0.1) is 0 Å². The zero-order valence-electron chi connectivity index (χ0n) is 11.1. The Morgan fingerprint density at radius 2 is 1.94 bits per heavy atom. The summed E-state index contributed by atoms with van der Waals surface area (Å²) in [4.78, 5) is 5.03. The minimum Gasteiger partial charge on any atom is -0.310 e. The maximum Gasteiger partial charge on any atom is 0.0209 e. The molecular weight excluding hydrogens is 198 g/mol. The van der Waals surface area contributed by atoms with E-state index in [0.29, 0.717) is 0 Å². The molecule has 3 heteroatoms. The molecule has 3 atom stereocenters. The highest BCUT2D eigenvalue weighted by atomic mass is 15.2. The van der Waals surface area contributed by atoms with E-state index in [9.17, 15) is 0 Å². The fourth-order valence-electron chi connectivity index (χ4n) is 3.25. The van der Waals surface area contributed by atoms with Crippen LogP contribution >= 0.6 is 0 Å². The molecule has 3 nitrogen and oxygen atoms in total. The van der Waals surface area contributed by atoms with Gasteiger partial charge in [0.1, 0.15) is 0 Å². The minimum absolute atomic E-state index is 0.746. The molecule has 0 bridgehead atoms. The number of hydrogen-bond donors (Lipinski definition) is 1. The van der Waals surface area contributed by atoms with E-state index in [0.717, 1.165) is 18.1 Å². The Balaban J connectivity index is 1.75. The Bertz CT molecular complexity index is 219. The van der Waals surface area contributed by atoms with E-state index in [-0.39, 0.29) is 0 Å². The van der Waals surface area contributed by atoms with Gasteiger partial charge in [0.25, 0.3) is 0 Å². The first-order valence-electron chi connectivity index (χ1n) is 6.87. The molecule has 2 rings (SSSR count). The van der Waals surface area contributed by atoms with Crippen molar-refractivity contribution in [2.75, 3.05) is 33.2 Å². The monoisotopic (exact) mass is 225 g/mol. The number of likely N-dealkylation sites (N-methyl/N-ethyl adjacent to an activating group) is 1. The number of piperidine rings is 1. The summed E-state index contributed by atoms with van der Waals surface area (Å²) >= 11 is 0. The molecule has 16 heavy (non-hydrogen) atoms. The summed E-state index contributed by atoms with van der Waals surface area (Å²) in [5.74, 6) is 0. The van der Waals surface area contributed by atoms with Crippen LogP contribution in [-0.2, 0) is 0 Å². The first-order chi connectivity index (χ1) is 7.69. The topological polar surface area (TPSA) is 18.5 Å². The predicted octanol–water partition coefficient (Wildman–Crippen LogP) is 1.15. The molecule has 1 N–H and O–H groups in total. The Labute approximate surface area is 100 Å². The third kappa shape index (κ3) is 2.96. The van der Waals surface area contributed by atoms with Gasteiger partial charge in [-0.2, -0.15) is 0 Å². The third-order valence-corrected chi connectivity index (χ3v) is 4.28. The van der Waals surface area contributed by atoms with Crippen molar-refractivity contribution in [1.29, 1.82) is 0 Å². The Morgan fingerprint density at radius 1 is 1.19 bits per heavy atom. The molecule has 0 amide bonds. The molecule has 0 aliphatic carbocycles. The standard InChI is InChI=1S/C13H27N3/c1-4-16-8-6-12(9-11(16)2)14-13-5-7-15(3)10-13/h11-14H,4-10H2,1-3H3. The lowest BCUT2D eigenvalue weighted by Crippen LogP contribution is -2.50. The van der Waals surface area contributed by atoms with E-state index >= 15 is 0 Å². The lowest BCUT2D eigenvalue weighted by molar-refractivity contribution is 0.138. The number of nitrogens with zero attached hydrogens (tertiary/aromatic N) is 2. The molecule has 0 radical (unpaired) electrons. The maximum absolute atomic E-state index is 3.85. The lowest BCUT2D eigenvalue weighted by atomic mass is 9.97. The summed E-state index contributed by atoms with van der Waals surface area (Å²) in [6.45, 7) is 9.63. The van der Waals surface area contributed by atoms with Crippen LogP contribution in [-0.4, -0.2) is 61.2 Å². The Morgan fingerprint density at radius 3 is 2.50 bits per heavy atom. The van der Waals surface area contributed by atoms with Crippen LogP contribution in [0.15, 0.2) is 0 Å². The SMILES string of the molecule is CCN1CCC(NC2CCN(C)C2)CC1C. The van der Waals surface area contributed by atoms with E-state index in [1.54, 1.807) is 0 Å². The second kappa shape index (κ2) is 5.48. The van der Waals surface area contributed by atoms with Gasteiger partial charge in [0.15, 0.2) is 0 Å². The lowest BCUT2D eigenvalue weighted by Gasteiger charge is -2.38. The molecule has 0 aromatic heterocycles. The van der Waals surface area contributed by atoms with Crippen molar-refractivity contribution >= 4 is 0 Å². The van der Waals surface area contributed by atoms with Crippen LogP contribution in [0.2, 0.25) is 0 Å². The molecule has 2 fully saturated rings. The quantitative estimate of drug-likeness (QED) is 0.777. The van der Waals surface area contributed by atoms with Crippen LogP contribution in [0.25, 0.3) is 0 Å². The second-order valence-electron chi connectivity index (χ2n) is 5.61. The van der Waals surface area contributed by atoms with Gasteiger partial charge in [-0.25, -0.2) is 0 Å². The molecule has 0 spiro atoms. The normalized spacial score (nSPS) is 38.1. The molecule has 2 aliphatic heterocycles. The summed E-state index contributed by atoms with van der Waals surface area (Å²) in [5, 5.41) is 3.85. The van der Waals surface area contributed by atoms with Crippen LogP contribution in [0.4, 0.5) is 0 Å². The summed E-state index contributed by atoms with van der Waals surface area (Å²) in [6.07, 6.45) is 3.99. The van der Waals surface area contributed by atoms with Gasteiger partial charge in [0.2, 0.25) is 0 Å². The van der Waals surface area contributed by atoms with Crippen molar-refractivity contribution in [3.63, 3.8) is 0 Å². The van der Waals surface area contributed by atoms with Crippen molar-refractivity contribution in [3.05, 3.63) is 0 Å².